The molecule has 0 fully saturated rings. The van der Waals surface area contributed by atoms with Crippen LogP contribution in [0, 0.1) is 0 Å². The van der Waals surface area contributed by atoms with Crippen molar-refractivity contribution in [2.24, 2.45) is 0 Å². The zero-order valence-corrected chi connectivity index (χ0v) is 33.3. The van der Waals surface area contributed by atoms with E-state index in [2.05, 4.69) is 210 Å². The van der Waals surface area contributed by atoms with Gasteiger partial charge in [-0.2, -0.15) is 0 Å². The predicted molar refractivity (Wildman–Crippen MR) is 245 cm³/mol. The van der Waals surface area contributed by atoms with Crippen molar-refractivity contribution in [3.05, 3.63) is 204 Å². The van der Waals surface area contributed by atoms with Crippen LogP contribution in [0.4, 0.5) is 0 Å². The summed E-state index contributed by atoms with van der Waals surface area (Å²) in [5, 5.41) is 2.69. The van der Waals surface area contributed by atoms with Gasteiger partial charge in [0.1, 0.15) is 0 Å². The fourth-order valence-electron chi connectivity index (χ4n) is 10.7. The second-order valence-electron chi connectivity index (χ2n) is 17.7. The molecule has 3 aliphatic carbocycles. The van der Waals surface area contributed by atoms with Gasteiger partial charge in [0.15, 0.2) is 0 Å². The molecule has 0 radical (unpaired) electrons. The lowest BCUT2D eigenvalue weighted by Gasteiger charge is -2.23. The zero-order valence-electron chi connectivity index (χ0n) is 33.3. The molecule has 0 bridgehead atoms. The molecule has 0 heterocycles. The summed E-state index contributed by atoms with van der Waals surface area (Å²) in [5.74, 6) is 0. The van der Waals surface area contributed by atoms with Crippen molar-refractivity contribution in [1.82, 2.24) is 0 Å². The topological polar surface area (TPSA) is 0 Å². The Morgan fingerprint density at radius 3 is 1.14 bits per heavy atom. The molecule has 0 nitrogen and oxygen atoms in total. The zero-order chi connectivity index (χ0) is 38.9. The largest absolute Gasteiger partial charge is 0.0619 e. The summed E-state index contributed by atoms with van der Waals surface area (Å²) in [4.78, 5) is 0. The molecule has 0 saturated carbocycles. The summed E-state index contributed by atoms with van der Waals surface area (Å²) >= 11 is 0. The van der Waals surface area contributed by atoms with E-state index in [-0.39, 0.29) is 10.8 Å². The molecule has 0 saturated heterocycles. The second-order valence-corrected chi connectivity index (χ2v) is 17.7. The molecule has 0 N–H and O–H groups in total. The van der Waals surface area contributed by atoms with Crippen molar-refractivity contribution in [2.75, 3.05) is 0 Å². The highest BCUT2D eigenvalue weighted by atomic mass is 14.4. The van der Waals surface area contributed by atoms with Crippen molar-refractivity contribution >= 4 is 10.8 Å². The predicted octanol–water partition coefficient (Wildman–Crippen LogP) is 15.8. The molecule has 0 unspecified atom stereocenters. The van der Waals surface area contributed by atoms with E-state index >= 15 is 0 Å². The van der Waals surface area contributed by atoms with Gasteiger partial charge in [0, 0.05) is 10.8 Å². The first-order valence-electron chi connectivity index (χ1n) is 20.7. The van der Waals surface area contributed by atoms with Gasteiger partial charge in [-0.25, -0.2) is 0 Å². The molecule has 12 rings (SSSR count). The SMILES string of the molecule is CC1(C)c2ccccc2-c2ccc(-c3ccc4c(c3)C(C)(C)c3cc(-c5ccc(-c6ccc(-c7ccc8c9c(cccc79)-c7ccccc7-8)cc6)cc5)ccc3-4)cc21. The van der Waals surface area contributed by atoms with Crippen molar-refractivity contribution < 1.29 is 0 Å². The summed E-state index contributed by atoms with van der Waals surface area (Å²) in [6.07, 6.45) is 0. The number of fused-ring (bicyclic) bond motifs is 9. The van der Waals surface area contributed by atoms with Crippen LogP contribution >= 0.6 is 0 Å². The van der Waals surface area contributed by atoms with E-state index in [0.717, 1.165) is 0 Å². The van der Waals surface area contributed by atoms with Gasteiger partial charge in [0.25, 0.3) is 0 Å². The third kappa shape index (κ3) is 4.63. The van der Waals surface area contributed by atoms with Gasteiger partial charge in [-0.15, -0.1) is 0 Å². The minimum absolute atomic E-state index is 0.0132. The average Bonchev–Trinajstić information content (AvgIpc) is 3.81. The van der Waals surface area contributed by atoms with E-state index in [4.69, 9.17) is 0 Å². The van der Waals surface area contributed by atoms with Crippen molar-refractivity contribution in [2.45, 2.75) is 38.5 Å². The Bertz CT molecular complexity index is 3160. The van der Waals surface area contributed by atoms with E-state index in [1.165, 1.54) is 122 Å². The van der Waals surface area contributed by atoms with E-state index in [1.807, 2.05) is 0 Å². The first-order valence-corrected chi connectivity index (χ1v) is 20.7. The van der Waals surface area contributed by atoms with Crippen LogP contribution in [0.15, 0.2) is 182 Å². The van der Waals surface area contributed by atoms with Crippen LogP contribution in [-0.4, -0.2) is 0 Å². The van der Waals surface area contributed by atoms with Crippen molar-refractivity contribution in [3.63, 3.8) is 0 Å². The van der Waals surface area contributed by atoms with Gasteiger partial charge < -0.3 is 0 Å². The maximum atomic E-state index is 2.45. The van der Waals surface area contributed by atoms with Gasteiger partial charge in [-0.1, -0.05) is 191 Å². The second kappa shape index (κ2) is 11.9. The Morgan fingerprint density at radius 1 is 0.241 bits per heavy atom. The molecular weight excluding hydrogens is 697 g/mol. The van der Waals surface area contributed by atoms with Crippen LogP contribution in [0.2, 0.25) is 0 Å². The van der Waals surface area contributed by atoms with E-state index in [0.29, 0.717) is 0 Å². The lowest BCUT2D eigenvalue weighted by Crippen LogP contribution is -2.15. The molecule has 3 aliphatic rings. The number of hydrogen-bond acceptors (Lipinski definition) is 0. The van der Waals surface area contributed by atoms with Crippen LogP contribution in [0.3, 0.4) is 0 Å². The standard InChI is InChI=1S/C58H42/c1-57(2)52-15-8-7-12-45(52)46-28-25-40(33-53(46)57)41-26-29-48-47-27-24-39(32-54(47)58(3,4)55(48)34-41)37-18-16-35(17-19-37)36-20-22-38(23-21-36)42-30-31-51-44-11-6-5-10-43(44)50-14-9-13-49(42)56(50)51/h5-34H,1-4H3. The van der Waals surface area contributed by atoms with Gasteiger partial charge >= 0.3 is 0 Å². The average molecular weight is 739 g/mol. The Kier molecular flexibility index (Phi) is 6.84. The Morgan fingerprint density at radius 2 is 0.586 bits per heavy atom. The van der Waals surface area contributed by atoms with Gasteiger partial charge in [0.2, 0.25) is 0 Å². The number of hydrogen-bond donors (Lipinski definition) is 0. The number of rotatable bonds is 4. The fraction of sp³-hybridized carbons (Fsp3) is 0.103. The summed E-state index contributed by atoms with van der Waals surface area (Å²) in [7, 11) is 0. The summed E-state index contributed by atoms with van der Waals surface area (Å²) in [6.45, 7) is 9.51. The summed E-state index contributed by atoms with van der Waals surface area (Å²) in [5.41, 5.74) is 26.4. The van der Waals surface area contributed by atoms with E-state index in [9.17, 15) is 0 Å². The lowest BCUT2D eigenvalue weighted by molar-refractivity contribution is 0.659. The van der Waals surface area contributed by atoms with Gasteiger partial charge in [0.05, 0.1) is 0 Å². The molecule has 9 aromatic rings. The normalized spacial score (nSPS) is 14.5. The molecule has 0 amide bonds. The molecule has 0 atom stereocenters. The Hall–Kier alpha value is -6.76. The number of benzene rings is 9. The first kappa shape index (κ1) is 33.4. The van der Waals surface area contributed by atoms with Crippen molar-refractivity contribution in [3.8, 4) is 89.0 Å². The molecule has 0 heteroatoms. The smallest absolute Gasteiger partial charge is 0.0159 e. The summed E-state index contributed by atoms with van der Waals surface area (Å²) < 4.78 is 0. The monoisotopic (exact) mass is 738 g/mol. The molecular formula is C58H42. The van der Waals surface area contributed by atoms with Crippen LogP contribution in [-0.2, 0) is 10.8 Å². The third-order valence-corrected chi connectivity index (χ3v) is 13.9. The maximum Gasteiger partial charge on any atom is 0.0159 e. The molecule has 0 spiro atoms. The quantitative estimate of drug-likeness (QED) is 0.169. The Labute approximate surface area is 341 Å². The molecule has 0 aromatic heterocycles. The minimum atomic E-state index is -0.112. The lowest BCUT2D eigenvalue weighted by atomic mass is 9.80. The molecule has 58 heavy (non-hydrogen) atoms. The van der Waals surface area contributed by atoms with E-state index < -0.39 is 0 Å². The van der Waals surface area contributed by atoms with Crippen LogP contribution in [0.5, 0.6) is 0 Å². The van der Waals surface area contributed by atoms with E-state index in [1.54, 1.807) is 0 Å². The highest BCUT2D eigenvalue weighted by Crippen LogP contribution is 2.53. The molecule has 9 aromatic carbocycles. The van der Waals surface area contributed by atoms with Crippen LogP contribution < -0.4 is 0 Å². The van der Waals surface area contributed by atoms with Crippen LogP contribution in [0.25, 0.3) is 99.8 Å². The molecule has 274 valence electrons. The van der Waals surface area contributed by atoms with Gasteiger partial charge in [-0.05, 0) is 140 Å². The molecule has 0 aliphatic heterocycles. The summed E-state index contributed by atoms with van der Waals surface area (Å²) in [6, 6.07) is 68.6. The van der Waals surface area contributed by atoms with Crippen LogP contribution in [0.1, 0.15) is 49.9 Å². The first-order chi connectivity index (χ1) is 28.3. The fourth-order valence-corrected chi connectivity index (χ4v) is 10.7. The third-order valence-electron chi connectivity index (χ3n) is 13.9. The Balaban J connectivity index is 0.819. The minimum Gasteiger partial charge on any atom is -0.0619 e. The highest BCUT2D eigenvalue weighted by Gasteiger charge is 2.37. The maximum absolute atomic E-state index is 2.45. The van der Waals surface area contributed by atoms with Gasteiger partial charge in [-0.3, -0.25) is 0 Å². The van der Waals surface area contributed by atoms with Crippen molar-refractivity contribution in [1.29, 1.82) is 0 Å². The highest BCUT2D eigenvalue weighted by molar-refractivity contribution is 6.18.